The van der Waals surface area contributed by atoms with Gasteiger partial charge in [-0.3, -0.25) is 4.72 Å². The van der Waals surface area contributed by atoms with Crippen LogP contribution < -0.4 is 14.8 Å². The number of phenols is 1. The first-order chi connectivity index (χ1) is 15.5. The molecule has 0 aliphatic carbocycles. The van der Waals surface area contributed by atoms with Crippen molar-refractivity contribution in [3.63, 3.8) is 0 Å². The molecule has 1 aromatic heterocycles. The highest BCUT2D eigenvalue weighted by Crippen LogP contribution is 2.38. The molecule has 4 aromatic rings. The number of sulfonamides is 1. The van der Waals surface area contributed by atoms with Gasteiger partial charge in [-0.2, -0.15) is 0 Å². The van der Waals surface area contributed by atoms with Crippen LogP contribution in [-0.2, 0) is 16.6 Å². The fourth-order valence-electron chi connectivity index (χ4n) is 3.10. The number of rotatable bonds is 8. The number of nitrogens with one attached hydrogen (secondary N) is 2. The average molecular weight is 468 g/mol. The number of aromatic hydroxyl groups is 1. The van der Waals surface area contributed by atoms with Crippen LogP contribution in [0, 0.1) is 0 Å². The SMILES string of the molecule is COc1cccc(CNc2nc(NS(=O)(=O)c3ccccc3)sc2-c2ccccc2)c1O. The highest BCUT2D eigenvalue weighted by Gasteiger charge is 2.19. The number of benzene rings is 3. The summed E-state index contributed by atoms with van der Waals surface area (Å²) in [5.41, 5.74) is 1.52. The first-order valence-corrected chi connectivity index (χ1v) is 12.0. The molecule has 4 rings (SSSR count). The number of ether oxygens (including phenoxy) is 1. The molecule has 0 radical (unpaired) electrons. The highest BCUT2D eigenvalue weighted by molar-refractivity contribution is 7.93. The van der Waals surface area contributed by atoms with E-state index in [1.807, 2.05) is 30.3 Å². The van der Waals surface area contributed by atoms with E-state index in [9.17, 15) is 13.5 Å². The largest absolute Gasteiger partial charge is 0.504 e. The van der Waals surface area contributed by atoms with Crippen LogP contribution in [0.3, 0.4) is 0 Å². The van der Waals surface area contributed by atoms with Crippen molar-refractivity contribution in [2.45, 2.75) is 11.4 Å². The minimum absolute atomic E-state index is 0.0454. The third kappa shape index (κ3) is 4.68. The lowest BCUT2D eigenvalue weighted by atomic mass is 10.1. The van der Waals surface area contributed by atoms with Crippen LogP contribution in [0.25, 0.3) is 10.4 Å². The zero-order valence-electron chi connectivity index (χ0n) is 17.1. The van der Waals surface area contributed by atoms with Gasteiger partial charge in [-0.15, -0.1) is 0 Å². The van der Waals surface area contributed by atoms with Crippen molar-refractivity contribution in [2.75, 3.05) is 17.1 Å². The summed E-state index contributed by atoms with van der Waals surface area (Å²) in [5.74, 6) is 0.931. The van der Waals surface area contributed by atoms with Crippen LogP contribution in [0.5, 0.6) is 11.5 Å². The Kier molecular flexibility index (Phi) is 6.29. The van der Waals surface area contributed by atoms with Gasteiger partial charge < -0.3 is 15.2 Å². The Labute approximate surface area is 190 Å². The number of para-hydroxylation sites is 1. The Morgan fingerprint density at radius 3 is 2.34 bits per heavy atom. The summed E-state index contributed by atoms with van der Waals surface area (Å²) in [6.45, 7) is 0.275. The van der Waals surface area contributed by atoms with Gasteiger partial charge in [0.15, 0.2) is 16.6 Å². The topological polar surface area (TPSA) is 101 Å². The van der Waals surface area contributed by atoms with Crippen molar-refractivity contribution in [1.29, 1.82) is 0 Å². The molecule has 0 saturated heterocycles. The number of anilines is 2. The first kappa shape index (κ1) is 21.7. The lowest BCUT2D eigenvalue weighted by molar-refractivity contribution is 0.371. The molecule has 0 aliphatic heterocycles. The van der Waals surface area contributed by atoms with Crippen LogP contribution in [0.1, 0.15) is 5.56 Å². The van der Waals surface area contributed by atoms with Crippen molar-refractivity contribution >= 4 is 32.3 Å². The van der Waals surface area contributed by atoms with Gasteiger partial charge in [0, 0.05) is 12.1 Å². The van der Waals surface area contributed by atoms with Gasteiger partial charge in [0.25, 0.3) is 10.0 Å². The maximum Gasteiger partial charge on any atom is 0.263 e. The molecular weight excluding hydrogens is 446 g/mol. The molecule has 32 heavy (non-hydrogen) atoms. The van der Waals surface area contributed by atoms with Crippen LogP contribution in [-0.4, -0.2) is 25.6 Å². The molecule has 0 spiro atoms. The number of thiazole rings is 1. The van der Waals surface area contributed by atoms with Gasteiger partial charge in [0.2, 0.25) is 0 Å². The van der Waals surface area contributed by atoms with Gasteiger partial charge in [0.05, 0.1) is 16.9 Å². The molecule has 0 unspecified atom stereocenters. The van der Waals surface area contributed by atoms with Gasteiger partial charge in [-0.25, -0.2) is 13.4 Å². The van der Waals surface area contributed by atoms with E-state index in [0.29, 0.717) is 17.1 Å². The molecule has 0 saturated carbocycles. The zero-order valence-corrected chi connectivity index (χ0v) is 18.8. The maximum atomic E-state index is 12.7. The van der Waals surface area contributed by atoms with E-state index >= 15 is 0 Å². The normalized spacial score (nSPS) is 11.2. The molecule has 0 amide bonds. The molecule has 0 fully saturated rings. The third-order valence-electron chi connectivity index (χ3n) is 4.69. The van der Waals surface area contributed by atoms with E-state index in [4.69, 9.17) is 4.74 Å². The second-order valence-electron chi connectivity index (χ2n) is 6.80. The van der Waals surface area contributed by atoms with E-state index in [0.717, 1.165) is 10.4 Å². The summed E-state index contributed by atoms with van der Waals surface area (Å²) >= 11 is 1.23. The van der Waals surface area contributed by atoms with Gasteiger partial charge in [-0.05, 0) is 23.8 Å². The number of aromatic nitrogens is 1. The van der Waals surface area contributed by atoms with Crippen molar-refractivity contribution in [2.24, 2.45) is 0 Å². The fourth-order valence-corrected chi connectivity index (χ4v) is 5.30. The first-order valence-electron chi connectivity index (χ1n) is 9.71. The monoisotopic (exact) mass is 467 g/mol. The third-order valence-corrected chi connectivity index (χ3v) is 7.19. The molecule has 3 N–H and O–H groups in total. The van der Waals surface area contributed by atoms with E-state index in [1.54, 1.807) is 36.4 Å². The summed E-state index contributed by atoms with van der Waals surface area (Å²) < 4.78 is 33.2. The van der Waals surface area contributed by atoms with E-state index in [1.165, 1.54) is 30.6 Å². The number of hydrogen-bond donors (Lipinski definition) is 3. The average Bonchev–Trinajstić information content (AvgIpc) is 3.21. The predicted molar refractivity (Wildman–Crippen MR) is 127 cm³/mol. The zero-order chi connectivity index (χ0) is 22.6. The molecule has 0 aliphatic rings. The Morgan fingerprint density at radius 1 is 0.969 bits per heavy atom. The van der Waals surface area contributed by atoms with Crippen molar-refractivity contribution in [1.82, 2.24) is 4.98 Å². The van der Waals surface area contributed by atoms with E-state index in [-0.39, 0.29) is 22.3 Å². The second-order valence-corrected chi connectivity index (χ2v) is 9.48. The minimum atomic E-state index is -3.77. The summed E-state index contributed by atoms with van der Waals surface area (Å²) in [5, 5.41) is 13.8. The summed E-state index contributed by atoms with van der Waals surface area (Å²) in [4.78, 5) is 5.42. The van der Waals surface area contributed by atoms with Crippen LogP contribution >= 0.6 is 11.3 Å². The predicted octanol–water partition coefficient (Wildman–Crippen LogP) is 4.94. The number of methoxy groups -OCH3 is 1. The van der Waals surface area contributed by atoms with Crippen molar-refractivity contribution in [3.8, 4) is 21.9 Å². The molecule has 9 heteroatoms. The molecule has 1 heterocycles. The van der Waals surface area contributed by atoms with Gasteiger partial charge in [0.1, 0.15) is 5.82 Å². The Bertz CT molecular complexity index is 1310. The van der Waals surface area contributed by atoms with Crippen molar-refractivity contribution < 1.29 is 18.3 Å². The fraction of sp³-hybridized carbons (Fsp3) is 0.0870. The molecule has 164 valence electrons. The van der Waals surface area contributed by atoms with E-state index < -0.39 is 10.0 Å². The lowest BCUT2D eigenvalue weighted by Gasteiger charge is -2.10. The minimum Gasteiger partial charge on any atom is -0.504 e. The molecule has 3 aromatic carbocycles. The quantitative estimate of drug-likeness (QED) is 0.339. The summed E-state index contributed by atoms with van der Waals surface area (Å²) in [6, 6.07) is 22.9. The Morgan fingerprint density at radius 2 is 1.66 bits per heavy atom. The highest BCUT2D eigenvalue weighted by atomic mass is 32.2. The van der Waals surface area contributed by atoms with Gasteiger partial charge in [-0.1, -0.05) is 72.0 Å². The molecule has 0 atom stereocenters. The summed E-state index contributed by atoms with van der Waals surface area (Å²) in [6.07, 6.45) is 0. The van der Waals surface area contributed by atoms with Crippen LogP contribution in [0.2, 0.25) is 0 Å². The van der Waals surface area contributed by atoms with Crippen LogP contribution in [0.4, 0.5) is 10.9 Å². The van der Waals surface area contributed by atoms with Gasteiger partial charge >= 0.3 is 0 Å². The number of hydrogen-bond acceptors (Lipinski definition) is 7. The number of phenolic OH excluding ortho intramolecular Hbond substituents is 1. The standard InChI is InChI=1S/C23H21N3O4S2/c1-30-19-14-8-11-17(20(19)27)15-24-22-21(16-9-4-2-5-10-16)31-23(25-22)26-32(28,29)18-12-6-3-7-13-18/h2-14,24,27H,15H2,1H3,(H,25,26). The molecule has 7 nitrogen and oxygen atoms in total. The smallest absolute Gasteiger partial charge is 0.263 e. The number of nitrogens with zero attached hydrogens (tertiary/aromatic N) is 1. The molecule has 0 bridgehead atoms. The Balaban J connectivity index is 1.65. The second kappa shape index (κ2) is 9.29. The lowest BCUT2D eigenvalue weighted by Crippen LogP contribution is -2.12. The molecular formula is C23H21N3O4S2. The van der Waals surface area contributed by atoms with Crippen molar-refractivity contribution in [3.05, 3.63) is 84.4 Å². The Hall–Kier alpha value is -3.56. The van der Waals surface area contributed by atoms with Crippen LogP contribution in [0.15, 0.2) is 83.8 Å². The maximum absolute atomic E-state index is 12.7. The summed E-state index contributed by atoms with van der Waals surface area (Å²) in [7, 11) is -2.28. The van der Waals surface area contributed by atoms with E-state index in [2.05, 4.69) is 15.0 Å².